The zero-order chi connectivity index (χ0) is 14.2. The van der Waals surface area contributed by atoms with Crippen LogP contribution in [0.1, 0.15) is 39.7 Å². The molecule has 1 unspecified atom stereocenters. The topological polar surface area (TPSA) is 44.9 Å². The summed E-state index contributed by atoms with van der Waals surface area (Å²) < 4.78 is 0. The summed E-state index contributed by atoms with van der Waals surface area (Å²) in [4.78, 5) is 17.2. The predicted molar refractivity (Wildman–Crippen MR) is 85.8 cm³/mol. The van der Waals surface area contributed by atoms with Crippen LogP contribution >= 0.6 is 11.3 Å². The number of hydrogen-bond donors (Lipinski definition) is 2. The third-order valence-electron chi connectivity index (χ3n) is 4.20. The first-order valence-corrected chi connectivity index (χ1v) is 8.14. The Kier molecular flexibility index (Phi) is 3.04. The lowest BCUT2D eigenvalue weighted by Crippen LogP contribution is -2.30. The Morgan fingerprint density at radius 1 is 1.29 bits per heavy atom. The number of benzene rings is 1. The molecule has 2 heterocycles. The largest absolute Gasteiger partial charge is 0.361 e. The molecule has 4 rings (SSSR count). The molecule has 0 spiro atoms. The first-order chi connectivity index (χ1) is 10.3. The van der Waals surface area contributed by atoms with Crippen LogP contribution in [0.5, 0.6) is 0 Å². The van der Waals surface area contributed by atoms with Crippen LogP contribution in [0.15, 0.2) is 41.9 Å². The van der Waals surface area contributed by atoms with Gasteiger partial charge in [-0.15, -0.1) is 11.3 Å². The molecule has 106 valence electrons. The van der Waals surface area contributed by atoms with E-state index in [9.17, 15) is 4.79 Å². The highest BCUT2D eigenvalue weighted by molar-refractivity contribution is 7.10. The van der Waals surface area contributed by atoms with Gasteiger partial charge >= 0.3 is 0 Å². The summed E-state index contributed by atoms with van der Waals surface area (Å²) in [6, 6.07) is 10.1. The van der Waals surface area contributed by atoms with Crippen LogP contribution < -0.4 is 5.32 Å². The van der Waals surface area contributed by atoms with Gasteiger partial charge in [0.1, 0.15) is 0 Å². The SMILES string of the molecule is O=C(NC1CCCc2sccc21)c1cccc2[nH]ccc12. The highest BCUT2D eigenvalue weighted by atomic mass is 32.1. The Labute approximate surface area is 127 Å². The van der Waals surface area contributed by atoms with Crippen molar-refractivity contribution in [2.24, 2.45) is 0 Å². The van der Waals surface area contributed by atoms with Crippen LogP contribution in [0, 0.1) is 0 Å². The molecule has 2 N–H and O–H groups in total. The number of rotatable bonds is 2. The van der Waals surface area contributed by atoms with E-state index in [0.717, 1.165) is 35.7 Å². The smallest absolute Gasteiger partial charge is 0.252 e. The number of thiophene rings is 1. The fourth-order valence-electron chi connectivity index (χ4n) is 3.16. The maximum absolute atomic E-state index is 12.6. The fraction of sp³-hybridized carbons (Fsp3) is 0.235. The molecular formula is C17H16N2OS. The van der Waals surface area contributed by atoms with E-state index in [0.29, 0.717) is 0 Å². The van der Waals surface area contributed by atoms with Gasteiger partial charge in [-0.2, -0.15) is 0 Å². The second-order valence-corrected chi connectivity index (χ2v) is 6.46. The molecule has 1 aliphatic carbocycles. The van der Waals surface area contributed by atoms with Crippen LogP contribution in [0.2, 0.25) is 0 Å². The van der Waals surface area contributed by atoms with Gasteiger partial charge < -0.3 is 10.3 Å². The number of aromatic amines is 1. The summed E-state index contributed by atoms with van der Waals surface area (Å²) >= 11 is 1.80. The lowest BCUT2D eigenvalue weighted by molar-refractivity contribution is 0.0934. The molecule has 0 radical (unpaired) electrons. The van der Waals surface area contributed by atoms with Crippen molar-refractivity contribution in [3.8, 4) is 0 Å². The van der Waals surface area contributed by atoms with Gasteiger partial charge in [0.05, 0.1) is 6.04 Å². The third-order valence-corrected chi connectivity index (χ3v) is 5.19. The van der Waals surface area contributed by atoms with Crippen LogP contribution in [0.25, 0.3) is 10.9 Å². The summed E-state index contributed by atoms with van der Waals surface area (Å²) in [6.45, 7) is 0. The van der Waals surface area contributed by atoms with Crippen molar-refractivity contribution >= 4 is 28.1 Å². The molecule has 0 fully saturated rings. The third kappa shape index (κ3) is 2.16. The highest BCUT2D eigenvalue weighted by Crippen LogP contribution is 2.33. The molecule has 3 nitrogen and oxygen atoms in total. The molecule has 1 aliphatic rings. The van der Waals surface area contributed by atoms with Gasteiger partial charge in [-0.3, -0.25) is 4.79 Å². The minimum Gasteiger partial charge on any atom is -0.361 e. The Morgan fingerprint density at radius 3 is 3.19 bits per heavy atom. The van der Waals surface area contributed by atoms with Crippen LogP contribution in [0.3, 0.4) is 0 Å². The molecule has 1 atom stereocenters. The second kappa shape index (κ2) is 5.04. The molecule has 3 aromatic rings. The molecule has 0 saturated carbocycles. The number of H-pyrrole nitrogens is 1. The van der Waals surface area contributed by atoms with Crippen molar-refractivity contribution in [3.63, 3.8) is 0 Å². The van der Waals surface area contributed by atoms with Gasteiger partial charge in [0.25, 0.3) is 5.91 Å². The summed E-state index contributed by atoms with van der Waals surface area (Å²) in [5.74, 6) is 0.0178. The number of hydrogen-bond acceptors (Lipinski definition) is 2. The van der Waals surface area contributed by atoms with E-state index >= 15 is 0 Å². The standard InChI is InChI=1S/C17H16N2OS/c20-17(12-3-1-4-14-11(12)7-9-18-14)19-15-5-2-6-16-13(15)8-10-21-16/h1,3-4,7-10,15,18H,2,5-6H2,(H,19,20). The molecule has 21 heavy (non-hydrogen) atoms. The van der Waals surface area contributed by atoms with Crippen molar-refractivity contribution in [2.75, 3.05) is 0 Å². The first-order valence-electron chi connectivity index (χ1n) is 7.26. The van der Waals surface area contributed by atoms with Gasteiger partial charge in [-0.1, -0.05) is 6.07 Å². The minimum atomic E-state index is 0.0178. The summed E-state index contributed by atoms with van der Waals surface area (Å²) in [6.07, 6.45) is 5.19. The Bertz CT molecular complexity index is 802. The average molecular weight is 296 g/mol. The van der Waals surface area contributed by atoms with Crippen LogP contribution in [-0.4, -0.2) is 10.9 Å². The van der Waals surface area contributed by atoms with E-state index in [-0.39, 0.29) is 11.9 Å². The maximum Gasteiger partial charge on any atom is 0.252 e. The Hall–Kier alpha value is -2.07. The predicted octanol–water partition coefficient (Wildman–Crippen LogP) is 4.04. The normalized spacial score (nSPS) is 17.6. The van der Waals surface area contributed by atoms with Crippen LogP contribution in [0.4, 0.5) is 0 Å². The van der Waals surface area contributed by atoms with E-state index in [1.165, 1.54) is 10.4 Å². The number of carbonyl (C=O) groups is 1. The fourth-order valence-corrected chi connectivity index (χ4v) is 4.14. The summed E-state index contributed by atoms with van der Waals surface area (Å²) in [5.41, 5.74) is 3.06. The van der Waals surface area contributed by atoms with Gasteiger partial charge in [0.2, 0.25) is 0 Å². The van der Waals surface area contributed by atoms with E-state index in [1.54, 1.807) is 11.3 Å². The second-order valence-electron chi connectivity index (χ2n) is 5.46. The van der Waals surface area contributed by atoms with Crippen molar-refractivity contribution in [1.29, 1.82) is 0 Å². The minimum absolute atomic E-state index is 0.0178. The van der Waals surface area contributed by atoms with Crippen LogP contribution in [-0.2, 0) is 6.42 Å². The lowest BCUT2D eigenvalue weighted by atomic mass is 9.93. The Morgan fingerprint density at radius 2 is 2.24 bits per heavy atom. The zero-order valence-corrected chi connectivity index (χ0v) is 12.4. The molecular weight excluding hydrogens is 280 g/mol. The quantitative estimate of drug-likeness (QED) is 0.736. The molecule has 1 amide bonds. The number of aryl methyl sites for hydroxylation is 1. The van der Waals surface area contributed by atoms with Crippen molar-refractivity contribution in [3.05, 3.63) is 57.9 Å². The van der Waals surface area contributed by atoms with Gasteiger partial charge in [0, 0.05) is 27.5 Å². The van der Waals surface area contributed by atoms with Gasteiger partial charge in [0.15, 0.2) is 0 Å². The van der Waals surface area contributed by atoms with E-state index in [1.807, 2.05) is 30.5 Å². The van der Waals surface area contributed by atoms with E-state index < -0.39 is 0 Å². The van der Waals surface area contributed by atoms with Crippen molar-refractivity contribution in [2.45, 2.75) is 25.3 Å². The highest BCUT2D eigenvalue weighted by Gasteiger charge is 2.23. The average Bonchev–Trinajstić information content (AvgIpc) is 3.15. The number of nitrogens with one attached hydrogen (secondary N) is 2. The molecule has 1 aromatic carbocycles. The zero-order valence-electron chi connectivity index (χ0n) is 11.6. The number of aromatic nitrogens is 1. The monoisotopic (exact) mass is 296 g/mol. The number of fused-ring (bicyclic) bond motifs is 2. The Balaban J connectivity index is 1.64. The number of carbonyl (C=O) groups excluding carboxylic acids is 1. The molecule has 0 saturated heterocycles. The molecule has 0 bridgehead atoms. The lowest BCUT2D eigenvalue weighted by Gasteiger charge is -2.23. The molecule has 2 aromatic heterocycles. The maximum atomic E-state index is 12.6. The molecule has 0 aliphatic heterocycles. The number of amides is 1. The van der Waals surface area contributed by atoms with Crippen molar-refractivity contribution < 1.29 is 4.79 Å². The molecule has 4 heteroatoms. The van der Waals surface area contributed by atoms with E-state index in [4.69, 9.17) is 0 Å². The first kappa shape index (κ1) is 12.7. The van der Waals surface area contributed by atoms with Gasteiger partial charge in [-0.05, 0) is 54.5 Å². The van der Waals surface area contributed by atoms with Crippen molar-refractivity contribution in [1.82, 2.24) is 10.3 Å². The van der Waals surface area contributed by atoms with E-state index in [2.05, 4.69) is 21.7 Å². The summed E-state index contributed by atoms with van der Waals surface area (Å²) in [7, 11) is 0. The summed E-state index contributed by atoms with van der Waals surface area (Å²) in [5, 5.41) is 6.32. The van der Waals surface area contributed by atoms with Gasteiger partial charge in [-0.25, -0.2) is 0 Å².